The number of benzene rings is 2. The van der Waals surface area contributed by atoms with Crippen LogP contribution in [0.3, 0.4) is 0 Å². The Morgan fingerprint density at radius 1 is 1.14 bits per heavy atom. The van der Waals surface area contributed by atoms with E-state index in [1.807, 2.05) is 0 Å². The van der Waals surface area contributed by atoms with Crippen molar-refractivity contribution >= 4 is 28.7 Å². The molecule has 7 nitrogen and oxygen atoms in total. The second kappa shape index (κ2) is 5.91. The third kappa shape index (κ3) is 3.69. The van der Waals surface area contributed by atoms with Crippen molar-refractivity contribution in [1.82, 2.24) is 0 Å². The molecule has 0 atom stereocenters. The second-order valence-electron chi connectivity index (χ2n) is 4.49. The van der Waals surface area contributed by atoms with E-state index in [4.69, 9.17) is 11.5 Å². The Kier molecular flexibility index (Phi) is 4.03. The fourth-order valence-corrected chi connectivity index (χ4v) is 1.82. The van der Waals surface area contributed by atoms with Crippen LogP contribution in [-0.2, 0) is 11.2 Å². The lowest BCUT2D eigenvalue weighted by atomic mass is 10.1. The van der Waals surface area contributed by atoms with Crippen LogP contribution in [0.1, 0.15) is 5.56 Å². The van der Waals surface area contributed by atoms with Gasteiger partial charge in [0, 0.05) is 29.2 Å². The number of carbonyl (C=O) groups excluding carboxylic acids is 1. The molecular weight excluding hydrogens is 272 g/mol. The van der Waals surface area contributed by atoms with Crippen molar-refractivity contribution in [1.29, 1.82) is 0 Å². The fourth-order valence-electron chi connectivity index (χ4n) is 1.82. The minimum absolute atomic E-state index is 0.0317. The standard InChI is InChI=1S/C14H14N4O3/c15-10-2-1-9(13(16)8-10)7-14(19)17-11-3-5-12(6-4-11)18(20)21/h1-6,8H,7,15-16H2,(H,17,19). The molecule has 0 heterocycles. The van der Waals surface area contributed by atoms with E-state index in [1.165, 1.54) is 24.3 Å². The quantitative estimate of drug-likeness (QED) is 0.450. The monoisotopic (exact) mass is 286 g/mol. The highest BCUT2D eigenvalue weighted by atomic mass is 16.6. The maximum atomic E-state index is 11.9. The highest BCUT2D eigenvalue weighted by Gasteiger charge is 2.09. The van der Waals surface area contributed by atoms with Gasteiger partial charge in [0.2, 0.25) is 5.91 Å². The van der Waals surface area contributed by atoms with Gasteiger partial charge in [0.05, 0.1) is 11.3 Å². The zero-order valence-electron chi connectivity index (χ0n) is 11.1. The van der Waals surface area contributed by atoms with Crippen LogP contribution in [0.25, 0.3) is 0 Å². The number of nitrogen functional groups attached to an aromatic ring is 2. The highest BCUT2D eigenvalue weighted by molar-refractivity contribution is 5.93. The van der Waals surface area contributed by atoms with Crippen LogP contribution < -0.4 is 16.8 Å². The maximum absolute atomic E-state index is 11.9. The first kappa shape index (κ1) is 14.3. The summed E-state index contributed by atoms with van der Waals surface area (Å²) in [6, 6.07) is 10.6. The molecule has 2 aromatic carbocycles. The second-order valence-corrected chi connectivity index (χ2v) is 4.49. The molecule has 2 rings (SSSR count). The number of rotatable bonds is 4. The molecule has 21 heavy (non-hydrogen) atoms. The number of nitrogens with zero attached hydrogens (tertiary/aromatic N) is 1. The molecule has 0 spiro atoms. The van der Waals surface area contributed by atoms with Gasteiger partial charge in [0.1, 0.15) is 0 Å². The van der Waals surface area contributed by atoms with Crippen LogP contribution >= 0.6 is 0 Å². The van der Waals surface area contributed by atoms with E-state index in [1.54, 1.807) is 18.2 Å². The van der Waals surface area contributed by atoms with E-state index in [9.17, 15) is 14.9 Å². The topological polar surface area (TPSA) is 124 Å². The van der Waals surface area contributed by atoms with E-state index >= 15 is 0 Å². The number of amides is 1. The SMILES string of the molecule is Nc1ccc(CC(=O)Nc2ccc([N+](=O)[O-])cc2)c(N)c1. The van der Waals surface area contributed by atoms with Crippen LogP contribution in [0, 0.1) is 10.1 Å². The highest BCUT2D eigenvalue weighted by Crippen LogP contribution is 2.18. The number of hydrogen-bond acceptors (Lipinski definition) is 5. The van der Waals surface area contributed by atoms with Crippen molar-refractivity contribution in [3.8, 4) is 0 Å². The summed E-state index contributed by atoms with van der Waals surface area (Å²) in [6.07, 6.45) is 0.100. The molecule has 0 radical (unpaired) electrons. The molecule has 0 saturated heterocycles. The molecule has 0 aliphatic carbocycles. The number of carbonyl (C=O) groups is 1. The largest absolute Gasteiger partial charge is 0.399 e. The number of nitrogens with two attached hydrogens (primary N) is 2. The first-order chi connectivity index (χ1) is 9.95. The summed E-state index contributed by atoms with van der Waals surface area (Å²) >= 11 is 0. The molecular formula is C14H14N4O3. The number of nitro benzene ring substituents is 1. The van der Waals surface area contributed by atoms with E-state index in [0.29, 0.717) is 22.6 Å². The van der Waals surface area contributed by atoms with Gasteiger partial charge >= 0.3 is 0 Å². The van der Waals surface area contributed by atoms with Crippen molar-refractivity contribution in [3.05, 3.63) is 58.1 Å². The molecule has 2 aromatic rings. The predicted molar refractivity (Wildman–Crippen MR) is 80.7 cm³/mol. The van der Waals surface area contributed by atoms with E-state index < -0.39 is 4.92 Å². The summed E-state index contributed by atoms with van der Waals surface area (Å²) in [5, 5.41) is 13.2. The third-order valence-corrected chi connectivity index (χ3v) is 2.88. The summed E-state index contributed by atoms with van der Waals surface area (Å²) in [5.74, 6) is -0.264. The molecule has 5 N–H and O–H groups in total. The van der Waals surface area contributed by atoms with Gasteiger partial charge in [0.25, 0.3) is 5.69 Å². The average molecular weight is 286 g/mol. The number of non-ortho nitro benzene ring substituents is 1. The van der Waals surface area contributed by atoms with Gasteiger partial charge in [-0.05, 0) is 29.8 Å². The molecule has 0 aromatic heterocycles. The van der Waals surface area contributed by atoms with Crippen LogP contribution in [-0.4, -0.2) is 10.8 Å². The van der Waals surface area contributed by atoms with E-state index in [2.05, 4.69) is 5.32 Å². The van der Waals surface area contributed by atoms with Gasteiger partial charge in [-0.3, -0.25) is 14.9 Å². The Morgan fingerprint density at radius 3 is 2.38 bits per heavy atom. The van der Waals surface area contributed by atoms with Crippen LogP contribution in [0.4, 0.5) is 22.7 Å². The average Bonchev–Trinajstić information content (AvgIpc) is 2.42. The zero-order chi connectivity index (χ0) is 15.4. The first-order valence-corrected chi connectivity index (χ1v) is 6.14. The fraction of sp³-hybridized carbons (Fsp3) is 0.0714. The summed E-state index contributed by atoms with van der Waals surface area (Å²) in [6.45, 7) is 0. The molecule has 0 fully saturated rings. The Labute approximate surface area is 120 Å². The minimum atomic E-state index is -0.499. The Morgan fingerprint density at radius 2 is 1.81 bits per heavy atom. The first-order valence-electron chi connectivity index (χ1n) is 6.14. The molecule has 0 saturated carbocycles. The van der Waals surface area contributed by atoms with Gasteiger partial charge in [-0.25, -0.2) is 0 Å². The van der Waals surface area contributed by atoms with Gasteiger partial charge in [-0.2, -0.15) is 0 Å². The molecule has 108 valence electrons. The molecule has 1 amide bonds. The predicted octanol–water partition coefficient (Wildman–Crippen LogP) is 1.94. The molecule has 0 aliphatic rings. The van der Waals surface area contributed by atoms with Crippen molar-refractivity contribution in [2.24, 2.45) is 0 Å². The zero-order valence-corrected chi connectivity index (χ0v) is 11.1. The lowest BCUT2D eigenvalue weighted by Crippen LogP contribution is -2.15. The lowest BCUT2D eigenvalue weighted by Gasteiger charge is -2.08. The lowest BCUT2D eigenvalue weighted by molar-refractivity contribution is -0.384. The van der Waals surface area contributed by atoms with E-state index in [-0.39, 0.29) is 18.0 Å². The van der Waals surface area contributed by atoms with Gasteiger partial charge in [-0.15, -0.1) is 0 Å². The molecule has 0 aliphatic heterocycles. The van der Waals surface area contributed by atoms with Crippen LogP contribution in [0.2, 0.25) is 0 Å². The van der Waals surface area contributed by atoms with Crippen LogP contribution in [0.15, 0.2) is 42.5 Å². The number of hydrogen-bond donors (Lipinski definition) is 3. The normalized spacial score (nSPS) is 10.1. The Hall–Kier alpha value is -3.09. The smallest absolute Gasteiger partial charge is 0.269 e. The summed E-state index contributed by atoms with van der Waals surface area (Å²) < 4.78 is 0. The summed E-state index contributed by atoms with van der Waals surface area (Å²) in [7, 11) is 0. The summed E-state index contributed by atoms with van der Waals surface area (Å²) in [5.41, 5.74) is 13.5. The number of anilines is 3. The minimum Gasteiger partial charge on any atom is -0.399 e. The van der Waals surface area contributed by atoms with Gasteiger partial charge in [-0.1, -0.05) is 6.07 Å². The molecule has 7 heteroatoms. The number of nitro groups is 1. The van der Waals surface area contributed by atoms with Crippen molar-refractivity contribution < 1.29 is 9.72 Å². The van der Waals surface area contributed by atoms with Crippen molar-refractivity contribution in [2.75, 3.05) is 16.8 Å². The van der Waals surface area contributed by atoms with Crippen molar-refractivity contribution in [2.45, 2.75) is 6.42 Å². The van der Waals surface area contributed by atoms with Gasteiger partial charge < -0.3 is 16.8 Å². The number of nitrogens with one attached hydrogen (secondary N) is 1. The third-order valence-electron chi connectivity index (χ3n) is 2.88. The van der Waals surface area contributed by atoms with Crippen molar-refractivity contribution in [3.63, 3.8) is 0 Å². The Bertz CT molecular complexity index is 683. The van der Waals surface area contributed by atoms with E-state index in [0.717, 1.165) is 0 Å². The summed E-state index contributed by atoms with van der Waals surface area (Å²) in [4.78, 5) is 21.9. The van der Waals surface area contributed by atoms with Gasteiger partial charge in [0.15, 0.2) is 0 Å². The molecule has 0 bridgehead atoms. The molecule has 0 unspecified atom stereocenters. The maximum Gasteiger partial charge on any atom is 0.269 e. The van der Waals surface area contributed by atoms with Crippen LogP contribution in [0.5, 0.6) is 0 Å². The Balaban J connectivity index is 2.02.